The summed E-state index contributed by atoms with van der Waals surface area (Å²) < 4.78 is 8.44. The molecular weight excluding hydrogens is 916 g/mol. The second kappa shape index (κ2) is 14.0. The minimum atomic E-state index is -0.205. The number of rotatable bonds is 2. The van der Waals surface area contributed by atoms with Gasteiger partial charge in [0.15, 0.2) is 0 Å². The molecule has 8 aromatic carbocycles. The van der Waals surface area contributed by atoms with Gasteiger partial charge in [-0.25, -0.2) is 0 Å². The normalized spacial score (nSPS) is 21.2. The Balaban J connectivity index is 1.10. The van der Waals surface area contributed by atoms with E-state index >= 15 is 0 Å². The highest BCUT2D eigenvalue weighted by atomic mass is 15.2. The Labute approximate surface area is 446 Å². The van der Waals surface area contributed by atoms with Gasteiger partial charge >= 0.3 is 0 Å². The van der Waals surface area contributed by atoms with Gasteiger partial charge in [0.25, 0.3) is 0 Å². The van der Waals surface area contributed by atoms with E-state index in [4.69, 9.17) is 0 Å². The van der Waals surface area contributed by atoms with Crippen LogP contribution < -0.4 is 32.8 Å². The van der Waals surface area contributed by atoms with Crippen molar-refractivity contribution >= 4 is 90.3 Å². The highest BCUT2D eigenvalue weighted by Gasteiger charge is 2.50. The molecule has 76 heavy (non-hydrogen) atoms. The summed E-state index contributed by atoms with van der Waals surface area (Å²) in [5.41, 5.74) is 33.4. The average Bonchev–Trinajstić information content (AvgIpc) is 4.13. The number of fused-ring (bicyclic) bond motifs is 15. The first-order chi connectivity index (χ1) is 36.9. The highest BCUT2D eigenvalue weighted by Crippen LogP contribution is 2.57. The molecule has 0 N–H and O–H groups in total. The topological polar surface area (TPSA) is 13.8 Å². The van der Waals surface area contributed by atoms with Crippen molar-refractivity contribution in [2.75, 3.05) is 0 Å². The number of para-hydroxylation sites is 2. The van der Waals surface area contributed by atoms with E-state index in [0.29, 0.717) is 11.8 Å². The molecule has 0 radical (unpaired) electrons. The van der Waals surface area contributed by atoms with Gasteiger partial charge in [-0.2, -0.15) is 0 Å². The van der Waals surface area contributed by atoms with E-state index in [1.165, 1.54) is 165 Å². The summed E-state index contributed by atoms with van der Waals surface area (Å²) >= 11 is 0. The first-order valence-corrected chi connectivity index (χ1v) is 28.8. The lowest BCUT2D eigenvalue weighted by Gasteiger charge is -2.38. The molecule has 5 heteroatoms. The van der Waals surface area contributed by atoms with E-state index in [1.807, 2.05) is 0 Å². The van der Waals surface area contributed by atoms with E-state index in [9.17, 15) is 0 Å². The van der Waals surface area contributed by atoms with Crippen LogP contribution in [0.3, 0.4) is 0 Å². The fourth-order valence-electron chi connectivity index (χ4n) is 18.4. The van der Waals surface area contributed by atoms with Crippen molar-refractivity contribution in [3.05, 3.63) is 197 Å². The molecule has 0 unspecified atom stereocenters. The molecule has 5 heterocycles. The standard InChI is InChI=1S/C71H61B2N3/c1-69(2,3)43-35-56-66-57(36-43)73(55-27-17-23-47-45-19-9-13-25-53(45)71(6,7)63(47)55)65-49-21-11-15-29-59(49)75-61-38-51-42-33-39-30-40(34-42)32-41(31-39)50(51)37-60(61)74-58-28-14-10-20-48(58)64(67(74)76(66)68(65)75)72(56)54-26-16-22-46-44-18-8-12-24-52(44)70(4,5)62(46)54/h8-29,35-42H,30-34H2,1-7H3. The Morgan fingerprint density at radius 2 is 0.855 bits per heavy atom. The summed E-state index contributed by atoms with van der Waals surface area (Å²) in [4.78, 5) is 0. The zero-order chi connectivity index (χ0) is 50.6. The molecule has 4 bridgehead atoms. The molecule has 366 valence electrons. The van der Waals surface area contributed by atoms with Crippen molar-refractivity contribution in [3.8, 4) is 27.9 Å². The summed E-state index contributed by atoms with van der Waals surface area (Å²) in [6.45, 7) is 17.2. The second-order valence-electron chi connectivity index (χ2n) is 26.8. The largest absolute Gasteiger partial charge is 0.294 e. The van der Waals surface area contributed by atoms with E-state index in [2.05, 4.69) is 220 Å². The second-order valence-corrected chi connectivity index (χ2v) is 26.8. The van der Waals surface area contributed by atoms with E-state index in [-0.39, 0.29) is 29.7 Å². The molecule has 2 saturated carbocycles. The molecule has 0 amide bonds. The van der Waals surface area contributed by atoms with E-state index in [0.717, 1.165) is 11.8 Å². The predicted octanol–water partition coefficient (Wildman–Crippen LogP) is 13.0. The Morgan fingerprint density at radius 1 is 0.434 bits per heavy atom. The molecule has 8 aliphatic rings. The predicted molar refractivity (Wildman–Crippen MR) is 321 cm³/mol. The van der Waals surface area contributed by atoms with E-state index in [1.54, 1.807) is 11.1 Å². The number of hydrogen-bond acceptors (Lipinski definition) is 0. The fraction of sp³-hybridized carbons (Fsp3) is 0.268. The van der Waals surface area contributed by atoms with Gasteiger partial charge in [0.1, 0.15) is 11.3 Å². The third-order valence-electron chi connectivity index (χ3n) is 21.2. The van der Waals surface area contributed by atoms with Crippen LogP contribution in [-0.2, 0) is 16.2 Å². The van der Waals surface area contributed by atoms with Gasteiger partial charge in [-0.15, -0.1) is 0 Å². The molecule has 0 atom stereocenters. The quantitative estimate of drug-likeness (QED) is 0.153. The zero-order valence-electron chi connectivity index (χ0n) is 44.9. The lowest BCUT2D eigenvalue weighted by molar-refractivity contribution is 0.166. The molecule has 11 aromatic rings. The van der Waals surface area contributed by atoms with Crippen LogP contribution in [0.2, 0.25) is 0 Å². The highest BCUT2D eigenvalue weighted by molar-refractivity contribution is 7.03. The summed E-state index contributed by atoms with van der Waals surface area (Å²) in [6.07, 6.45) is 6.79. The van der Waals surface area contributed by atoms with E-state index < -0.39 is 0 Å². The Hall–Kier alpha value is -7.23. The number of benzene rings is 8. The maximum absolute atomic E-state index is 2.85. The van der Waals surface area contributed by atoms with Gasteiger partial charge in [-0.3, -0.25) is 13.4 Å². The van der Waals surface area contributed by atoms with Crippen LogP contribution in [0.15, 0.2) is 158 Å². The van der Waals surface area contributed by atoms with Gasteiger partial charge in [0.05, 0.1) is 22.1 Å². The fourth-order valence-corrected chi connectivity index (χ4v) is 18.4. The summed E-state index contributed by atoms with van der Waals surface area (Å²) in [6, 6.07) is 63.2. The lowest BCUT2D eigenvalue weighted by Crippen LogP contribution is -2.65. The van der Waals surface area contributed by atoms with Crippen molar-refractivity contribution < 1.29 is 0 Å². The average molecular weight is 978 g/mol. The van der Waals surface area contributed by atoms with Gasteiger partial charge in [0.2, 0.25) is 13.4 Å². The molecule has 2 aliphatic heterocycles. The van der Waals surface area contributed by atoms with Crippen LogP contribution in [0.5, 0.6) is 0 Å². The summed E-state index contributed by atoms with van der Waals surface area (Å²) in [5.74, 6) is 2.91. The van der Waals surface area contributed by atoms with Crippen molar-refractivity contribution in [2.24, 2.45) is 11.8 Å². The lowest BCUT2D eigenvalue weighted by atomic mass is 9.30. The molecule has 0 saturated heterocycles. The Kier molecular flexibility index (Phi) is 7.92. The maximum Gasteiger partial charge on any atom is 0.250 e. The van der Waals surface area contributed by atoms with Gasteiger partial charge in [-0.05, 0) is 179 Å². The minimum Gasteiger partial charge on any atom is -0.294 e. The van der Waals surface area contributed by atoms with Crippen LogP contribution in [0.4, 0.5) is 0 Å². The smallest absolute Gasteiger partial charge is 0.250 e. The Bertz CT molecular complexity index is 4260. The third-order valence-corrected chi connectivity index (χ3v) is 21.2. The minimum absolute atomic E-state index is 0.0482. The van der Waals surface area contributed by atoms with Crippen molar-refractivity contribution in [3.63, 3.8) is 0 Å². The monoisotopic (exact) mass is 978 g/mol. The van der Waals surface area contributed by atoms with Gasteiger partial charge in [0, 0.05) is 16.5 Å². The first kappa shape index (κ1) is 42.9. The van der Waals surface area contributed by atoms with Crippen LogP contribution in [-0.4, -0.2) is 26.8 Å². The first-order valence-electron chi connectivity index (χ1n) is 28.8. The number of aromatic nitrogens is 3. The molecule has 19 rings (SSSR count). The van der Waals surface area contributed by atoms with Crippen LogP contribution in [0, 0.1) is 11.8 Å². The number of nitrogens with zero attached hydrogens (tertiary/aromatic N) is 3. The number of hydrogen-bond donors (Lipinski definition) is 0. The van der Waals surface area contributed by atoms with Crippen LogP contribution in [0.1, 0.15) is 131 Å². The van der Waals surface area contributed by atoms with Gasteiger partial charge < -0.3 is 0 Å². The van der Waals surface area contributed by atoms with Crippen LogP contribution >= 0.6 is 0 Å². The molecule has 0 spiro atoms. The molecule has 3 nitrogen and oxygen atoms in total. The Morgan fingerprint density at radius 3 is 1.32 bits per heavy atom. The van der Waals surface area contributed by atoms with Crippen molar-refractivity contribution in [1.29, 1.82) is 0 Å². The molecule has 3 aromatic heterocycles. The van der Waals surface area contributed by atoms with Crippen molar-refractivity contribution in [1.82, 2.24) is 13.4 Å². The zero-order valence-corrected chi connectivity index (χ0v) is 44.9. The van der Waals surface area contributed by atoms with Crippen LogP contribution in [0.25, 0.3) is 72.1 Å². The SMILES string of the molecule is CC(C)(C)c1cc2c3c(c1)B(c1cccc4c1C(C)(C)c1ccccc1-4)c1c4ccccc4n4c5cc6c(cc5n5c7ccccc7c(c5n-3c14)B2c1cccc2c1C(C)(C)c1ccccc1-2)C1CC2CC(C1)CC6C2. The van der Waals surface area contributed by atoms with Gasteiger partial charge in [-0.1, -0.05) is 193 Å². The summed E-state index contributed by atoms with van der Waals surface area (Å²) in [7, 11) is 0. The third kappa shape index (κ3) is 5.07. The molecule has 2 fully saturated rings. The maximum atomic E-state index is 2.85. The summed E-state index contributed by atoms with van der Waals surface area (Å²) in [5, 5.41) is 2.72. The van der Waals surface area contributed by atoms with Crippen molar-refractivity contribution in [2.45, 2.75) is 109 Å². The molecular formula is C71H61B2N3. The molecule has 6 aliphatic carbocycles.